The first-order chi connectivity index (χ1) is 15.9. The zero-order valence-electron chi connectivity index (χ0n) is 19.3. The number of carbonyl (C=O) groups is 2. The van der Waals surface area contributed by atoms with Crippen LogP contribution in [0, 0.1) is 6.92 Å². The van der Waals surface area contributed by atoms with Crippen LogP contribution < -0.4 is 10.1 Å². The maximum Gasteiger partial charge on any atom is 0.261 e. The van der Waals surface area contributed by atoms with Gasteiger partial charge in [-0.05, 0) is 65.9 Å². The Morgan fingerprint density at radius 2 is 1.85 bits per heavy atom. The maximum absolute atomic E-state index is 13.3. The number of nitrogens with zero attached hydrogens (tertiary/aromatic N) is 1. The van der Waals surface area contributed by atoms with Gasteiger partial charge >= 0.3 is 0 Å². The predicted octanol–water partition coefficient (Wildman–Crippen LogP) is 6.05. The molecule has 0 radical (unpaired) electrons. The van der Waals surface area contributed by atoms with Crippen molar-refractivity contribution in [3.8, 4) is 5.75 Å². The summed E-state index contributed by atoms with van der Waals surface area (Å²) >= 11 is 9.42. The highest BCUT2D eigenvalue weighted by Gasteiger charge is 2.30. The molecule has 1 saturated carbocycles. The summed E-state index contributed by atoms with van der Waals surface area (Å²) < 4.78 is 6.46. The first kappa shape index (κ1) is 25.6. The second-order valence-electron chi connectivity index (χ2n) is 8.64. The van der Waals surface area contributed by atoms with Gasteiger partial charge in [0.15, 0.2) is 6.61 Å². The van der Waals surface area contributed by atoms with Crippen molar-refractivity contribution in [2.75, 3.05) is 6.61 Å². The molecule has 178 valence electrons. The van der Waals surface area contributed by atoms with Crippen molar-refractivity contribution < 1.29 is 14.3 Å². The minimum atomic E-state index is -0.557. The molecule has 1 N–H and O–H groups in total. The molecule has 1 aliphatic carbocycles. The molecule has 0 heterocycles. The van der Waals surface area contributed by atoms with Crippen molar-refractivity contribution >= 4 is 39.3 Å². The lowest BCUT2D eigenvalue weighted by molar-refractivity contribution is -0.143. The highest BCUT2D eigenvalue weighted by molar-refractivity contribution is 9.10. The molecule has 5 nitrogen and oxygen atoms in total. The van der Waals surface area contributed by atoms with Gasteiger partial charge in [0, 0.05) is 17.6 Å². The van der Waals surface area contributed by atoms with Crippen LogP contribution in [0.1, 0.15) is 56.6 Å². The highest BCUT2D eigenvalue weighted by atomic mass is 79.9. The third-order valence-electron chi connectivity index (χ3n) is 6.06. The summed E-state index contributed by atoms with van der Waals surface area (Å²) in [4.78, 5) is 28.2. The molecule has 0 bridgehead atoms. The Morgan fingerprint density at radius 3 is 2.48 bits per heavy atom. The summed E-state index contributed by atoms with van der Waals surface area (Å²) in [6.07, 6.45) is 6.03. The van der Waals surface area contributed by atoms with Crippen molar-refractivity contribution in [2.45, 2.75) is 71.0 Å². The first-order valence-electron chi connectivity index (χ1n) is 11.6. The topological polar surface area (TPSA) is 58.6 Å². The summed E-state index contributed by atoms with van der Waals surface area (Å²) in [5, 5.41) is 3.77. The van der Waals surface area contributed by atoms with Crippen LogP contribution in [-0.2, 0) is 16.1 Å². The van der Waals surface area contributed by atoms with Gasteiger partial charge in [0.25, 0.3) is 5.91 Å². The number of hydrogen-bond donors (Lipinski definition) is 1. The van der Waals surface area contributed by atoms with Crippen LogP contribution in [0.15, 0.2) is 46.9 Å². The number of halogens is 2. The van der Waals surface area contributed by atoms with Crippen molar-refractivity contribution in [2.24, 2.45) is 0 Å². The summed E-state index contributed by atoms with van der Waals surface area (Å²) in [7, 11) is 0. The molecule has 1 aliphatic rings. The van der Waals surface area contributed by atoms with E-state index in [-0.39, 0.29) is 24.5 Å². The van der Waals surface area contributed by atoms with Crippen LogP contribution in [0.5, 0.6) is 5.75 Å². The van der Waals surface area contributed by atoms with Gasteiger partial charge in [-0.15, -0.1) is 0 Å². The fraction of sp³-hybridized carbons (Fsp3) is 0.462. The van der Waals surface area contributed by atoms with Crippen LogP contribution >= 0.6 is 27.5 Å². The summed E-state index contributed by atoms with van der Waals surface area (Å²) in [6.45, 7) is 4.15. The van der Waals surface area contributed by atoms with Gasteiger partial charge in [0.2, 0.25) is 5.91 Å². The Bertz CT molecular complexity index is 945. The third-order valence-corrected chi connectivity index (χ3v) is 6.91. The molecule has 33 heavy (non-hydrogen) atoms. The van der Waals surface area contributed by atoms with Crippen LogP contribution in [0.25, 0.3) is 0 Å². The number of hydrogen-bond acceptors (Lipinski definition) is 3. The van der Waals surface area contributed by atoms with Gasteiger partial charge in [-0.1, -0.05) is 67.6 Å². The lowest BCUT2D eigenvalue weighted by Crippen LogP contribution is -2.52. The van der Waals surface area contributed by atoms with E-state index in [2.05, 4.69) is 21.2 Å². The Morgan fingerprint density at radius 1 is 1.15 bits per heavy atom. The number of benzene rings is 2. The fourth-order valence-electron chi connectivity index (χ4n) is 4.17. The van der Waals surface area contributed by atoms with Crippen LogP contribution in [0.2, 0.25) is 5.02 Å². The quantitative estimate of drug-likeness (QED) is 0.425. The molecule has 0 saturated heterocycles. The van der Waals surface area contributed by atoms with Crippen LogP contribution in [0.4, 0.5) is 0 Å². The number of rotatable bonds is 9. The van der Waals surface area contributed by atoms with Crippen molar-refractivity contribution in [3.05, 3.63) is 63.1 Å². The van der Waals surface area contributed by atoms with Gasteiger partial charge in [0.1, 0.15) is 11.8 Å². The molecule has 1 fully saturated rings. The van der Waals surface area contributed by atoms with Crippen molar-refractivity contribution in [3.63, 3.8) is 0 Å². The summed E-state index contributed by atoms with van der Waals surface area (Å²) in [5.41, 5.74) is 2.13. The SMILES string of the molecule is CC[C@H](C(=O)NC1CCCCC1)N(Cc1ccc(C)cc1)C(=O)COc1ccc(Cl)cc1Br. The van der Waals surface area contributed by atoms with Gasteiger partial charge < -0.3 is 15.0 Å². The molecule has 7 heteroatoms. The summed E-state index contributed by atoms with van der Waals surface area (Å²) in [6, 6.07) is 12.8. The lowest BCUT2D eigenvalue weighted by atomic mass is 9.95. The smallest absolute Gasteiger partial charge is 0.261 e. The number of amides is 2. The molecule has 1 atom stereocenters. The lowest BCUT2D eigenvalue weighted by Gasteiger charge is -2.32. The molecule has 2 amide bonds. The van der Waals surface area contributed by atoms with E-state index in [1.54, 1.807) is 23.1 Å². The van der Waals surface area contributed by atoms with Crippen LogP contribution in [-0.4, -0.2) is 35.4 Å². The van der Waals surface area contributed by atoms with E-state index in [1.165, 1.54) is 6.42 Å². The van der Waals surface area contributed by atoms with E-state index in [4.69, 9.17) is 16.3 Å². The zero-order chi connectivity index (χ0) is 23.8. The molecule has 2 aromatic carbocycles. The van der Waals surface area contributed by atoms with Crippen molar-refractivity contribution in [1.29, 1.82) is 0 Å². The van der Waals surface area contributed by atoms with Crippen molar-refractivity contribution in [1.82, 2.24) is 10.2 Å². The molecule has 0 spiro atoms. The molecular formula is C26H32BrClN2O3. The molecule has 2 aromatic rings. The van der Waals surface area contributed by atoms with Gasteiger partial charge in [-0.3, -0.25) is 9.59 Å². The number of ether oxygens (including phenoxy) is 1. The maximum atomic E-state index is 13.3. The average Bonchev–Trinajstić information content (AvgIpc) is 2.80. The summed E-state index contributed by atoms with van der Waals surface area (Å²) in [5.74, 6) is 0.211. The monoisotopic (exact) mass is 534 g/mol. The molecule has 3 rings (SSSR count). The van der Waals surface area contributed by atoms with E-state index in [1.807, 2.05) is 38.1 Å². The zero-order valence-corrected chi connectivity index (χ0v) is 21.6. The van der Waals surface area contributed by atoms with E-state index in [9.17, 15) is 9.59 Å². The fourth-order valence-corrected chi connectivity index (χ4v) is 4.97. The van der Waals surface area contributed by atoms with Crippen LogP contribution in [0.3, 0.4) is 0 Å². The molecule has 0 unspecified atom stereocenters. The Kier molecular flexibility index (Phi) is 9.63. The van der Waals surface area contributed by atoms with Gasteiger partial charge in [-0.25, -0.2) is 0 Å². The van der Waals surface area contributed by atoms with Gasteiger partial charge in [0.05, 0.1) is 4.47 Å². The van der Waals surface area contributed by atoms with E-state index < -0.39 is 6.04 Å². The van der Waals surface area contributed by atoms with E-state index >= 15 is 0 Å². The second kappa shape index (κ2) is 12.4. The number of carbonyl (C=O) groups excluding carboxylic acids is 2. The van der Waals surface area contributed by atoms with E-state index in [0.717, 1.165) is 36.8 Å². The average molecular weight is 536 g/mol. The second-order valence-corrected chi connectivity index (χ2v) is 9.93. The standard InChI is InChI=1S/C26H32BrClN2O3/c1-3-23(26(32)29-21-7-5-4-6-8-21)30(16-19-11-9-18(2)10-12-19)25(31)17-33-24-14-13-20(28)15-22(24)27/h9-15,21,23H,3-8,16-17H2,1-2H3,(H,29,32)/t23-/m1/s1. The first-order valence-corrected chi connectivity index (χ1v) is 12.8. The Hall–Kier alpha value is -2.05. The Labute approximate surface area is 210 Å². The highest BCUT2D eigenvalue weighted by Crippen LogP contribution is 2.28. The molecule has 0 aliphatic heterocycles. The molecule has 0 aromatic heterocycles. The minimum absolute atomic E-state index is 0.0856. The number of aryl methyl sites for hydroxylation is 1. The predicted molar refractivity (Wildman–Crippen MR) is 135 cm³/mol. The Balaban J connectivity index is 1.76. The van der Waals surface area contributed by atoms with E-state index in [0.29, 0.717) is 28.2 Å². The third kappa shape index (κ3) is 7.47. The normalized spacial score (nSPS) is 15.0. The molecular weight excluding hydrogens is 504 g/mol. The minimum Gasteiger partial charge on any atom is -0.483 e. The largest absolute Gasteiger partial charge is 0.483 e. The van der Waals surface area contributed by atoms with Gasteiger partial charge in [-0.2, -0.15) is 0 Å². The number of nitrogens with one attached hydrogen (secondary N) is 1.